The summed E-state index contributed by atoms with van der Waals surface area (Å²) in [7, 11) is 2.90. The highest BCUT2D eigenvalue weighted by Gasteiger charge is 2.36. The van der Waals surface area contributed by atoms with Crippen LogP contribution in [-0.2, 0) is 4.74 Å². The number of allylic oxidation sites excluding steroid dienone is 1. The van der Waals surface area contributed by atoms with Gasteiger partial charge in [0.05, 0.1) is 25.0 Å². The maximum atomic E-state index is 12.1. The Labute approximate surface area is 149 Å². The number of aryl methyl sites for hydroxylation is 1. The lowest BCUT2D eigenvalue weighted by Crippen LogP contribution is -2.21. The van der Waals surface area contributed by atoms with Crippen molar-refractivity contribution < 1.29 is 19.0 Å². The second-order valence-electron chi connectivity index (χ2n) is 5.42. The molecule has 0 saturated carbocycles. The highest BCUT2D eigenvalue weighted by atomic mass is 32.1. The van der Waals surface area contributed by atoms with Gasteiger partial charge >= 0.3 is 5.97 Å². The van der Waals surface area contributed by atoms with Crippen molar-refractivity contribution >= 4 is 17.3 Å². The first-order valence-corrected chi connectivity index (χ1v) is 8.26. The van der Waals surface area contributed by atoms with Crippen molar-refractivity contribution in [3.8, 4) is 17.6 Å². The van der Waals surface area contributed by atoms with E-state index in [0.717, 1.165) is 15.3 Å². The highest BCUT2D eigenvalue weighted by Crippen LogP contribution is 2.49. The first-order chi connectivity index (χ1) is 12.0. The molecule has 0 radical (unpaired) electrons. The molecule has 1 aliphatic rings. The summed E-state index contributed by atoms with van der Waals surface area (Å²) in [5, 5.41) is 9.57. The Hall–Kier alpha value is -2.98. The van der Waals surface area contributed by atoms with Crippen molar-refractivity contribution in [1.29, 1.82) is 5.26 Å². The third-order valence-electron chi connectivity index (χ3n) is 4.05. The molecule has 2 aromatic rings. The normalized spacial score (nSPS) is 15.8. The Morgan fingerprint density at radius 3 is 2.56 bits per heavy atom. The van der Waals surface area contributed by atoms with E-state index in [4.69, 9.17) is 19.9 Å². The number of rotatable bonds is 3. The van der Waals surface area contributed by atoms with E-state index in [1.807, 2.05) is 31.2 Å². The van der Waals surface area contributed by atoms with Crippen LogP contribution in [0.4, 0.5) is 0 Å². The molecule has 7 heteroatoms. The first kappa shape index (κ1) is 16.9. The second kappa shape index (κ2) is 6.49. The number of thiophene rings is 1. The van der Waals surface area contributed by atoms with Gasteiger partial charge in [0.25, 0.3) is 0 Å². The summed E-state index contributed by atoms with van der Waals surface area (Å²) in [6.45, 7) is 1.81. The molecule has 0 unspecified atom stereocenters. The number of nitriles is 1. The predicted molar refractivity (Wildman–Crippen MR) is 92.7 cm³/mol. The van der Waals surface area contributed by atoms with Crippen LogP contribution in [0.2, 0.25) is 0 Å². The Morgan fingerprint density at radius 1 is 1.32 bits per heavy atom. The van der Waals surface area contributed by atoms with Gasteiger partial charge in [0.1, 0.15) is 23.0 Å². The molecule has 0 aliphatic carbocycles. The monoisotopic (exact) mass is 356 g/mol. The van der Waals surface area contributed by atoms with Crippen molar-refractivity contribution in [3.63, 3.8) is 0 Å². The molecule has 1 aromatic heterocycles. The molecule has 6 nitrogen and oxygen atoms in total. The van der Waals surface area contributed by atoms with Crippen LogP contribution in [0.25, 0.3) is 0 Å². The summed E-state index contributed by atoms with van der Waals surface area (Å²) in [4.78, 5) is 13.6. The third kappa shape index (κ3) is 2.71. The van der Waals surface area contributed by atoms with E-state index >= 15 is 0 Å². The van der Waals surface area contributed by atoms with Crippen LogP contribution in [0.3, 0.4) is 0 Å². The van der Waals surface area contributed by atoms with Crippen LogP contribution in [0.1, 0.15) is 31.6 Å². The van der Waals surface area contributed by atoms with Crippen LogP contribution < -0.4 is 15.2 Å². The minimum atomic E-state index is -0.489. The van der Waals surface area contributed by atoms with Gasteiger partial charge in [-0.05, 0) is 24.6 Å². The predicted octanol–water partition coefficient (Wildman–Crippen LogP) is 3.07. The van der Waals surface area contributed by atoms with Crippen LogP contribution in [0.15, 0.2) is 35.7 Å². The van der Waals surface area contributed by atoms with E-state index in [1.54, 1.807) is 7.11 Å². The molecule has 1 aromatic carbocycles. The number of nitrogens with two attached hydrogens (primary N) is 1. The second-order valence-corrected chi connectivity index (χ2v) is 6.67. The van der Waals surface area contributed by atoms with Crippen molar-refractivity contribution in [2.45, 2.75) is 12.8 Å². The topological polar surface area (TPSA) is 94.6 Å². The lowest BCUT2D eigenvalue weighted by molar-refractivity contribution is 0.0597. The third-order valence-corrected chi connectivity index (χ3v) is 5.20. The van der Waals surface area contributed by atoms with Gasteiger partial charge in [-0.25, -0.2) is 4.79 Å². The number of esters is 1. The van der Waals surface area contributed by atoms with Crippen LogP contribution in [0, 0.1) is 18.3 Å². The van der Waals surface area contributed by atoms with Crippen LogP contribution in [-0.4, -0.2) is 20.2 Å². The standard InChI is InChI=1S/C18H16N2O4S/c1-9-13(18(21)23-3)15-16(25-9)14(12(8-19)17(20)24-15)10-4-6-11(22-2)7-5-10/h4-7,14H,20H2,1-3H3/t14-/m1/s1. The van der Waals surface area contributed by atoms with E-state index < -0.39 is 11.9 Å². The number of ether oxygens (including phenoxy) is 3. The van der Waals surface area contributed by atoms with Gasteiger partial charge in [0.2, 0.25) is 5.88 Å². The van der Waals surface area contributed by atoms with Crippen molar-refractivity contribution in [3.05, 3.63) is 56.6 Å². The zero-order valence-electron chi connectivity index (χ0n) is 14.0. The molecule has 1 atom stereocenters. The molecule has 2 heterocycles. The summed E-state index contributed by atoms with van der Waals surface area (Å²) in [5.74, 6) is 0.188. The summed E-state index contributed by atoms with van der Waals surface area (Å²) >= 11 is 1.40. The number of methoxy groups -OCH3 is 2. The molecule has 3 rings (SSSR count). The van der Waals surface area contributed by atoms with Crippen molar-refractivity contribution in [2.24, 2.45) is 5.73 Å². The molecule has 2 N–H and O–H groups in total. The Bertz CT molecular complexity index is 906. The highest BCUT2D eigenvalue weighted by molar-refractivity contribution is 7.12. The van der Waals surface area contributed by atoms with Gasteiger partial charge in [0, 0.05) is 4.88 Å². The van der Waals surface area contributed by atoms with E-state index in [-0.39, 0.29) is 5.88 Å². The number of hydrogen-bond acceptors (Lipinski definition) is 7. The van der Waals surface area contributed by atoms with Crippen molar-refractivity contribution in [2.75, 3.05) is 14.2 Å². The smallest absolute Gasteiger partial charge is 0.342 e. The van der Waals surface area contributed by atoms with Gasteiger partial charge in [-0.2, -0.15) is 5.26 Å². The van der Waals surface area contributed by atoms with Gasteiger partial charge in [-0.3, -0.25) is 0 Å². The zero-order chi connectivity index (χ0) is 18.1. The average Bonchev–Trinajstić information content (AvgIpc) is 2.95. The number of benzene rings is 1. The summed E-state index contributed by atoms with van der Waals surface area (Å²) in [6, 6.07) is 9.51. The Kier molecular flexibility index (Phi) is 4.38. The van der Waals surface area contributed by atoms with Gasteiger partial charge < -0.3 is 19.9 Å². The summed E-state index contributed by atoms with van der Waals surface area (Å²) in [6.07, 6.45) is 0. The average molecular weight is 356 g/mol. The van der Waals surface area contributed by atoms with Crippen LogP contribution >= 0.6 is 11.3 Å². The SMILES string of the molecule is COC(=O)c1c(C)sc2c1OC(N)=C(C#N)[C@H]2c1ccc(OC)cc1. The molecule has 0 spiro atoms. The van der Waals surface area contributed by atoms with Gasteiger partial charge in [0.15, 0.2) is 5.75 Å². The number of nitrogens with zero attached hydrogens (tertiary/aromatic N) is 1. The van der Waals surface area contributed by atoms with Gasteiger partial charge in [-0.1, -0.05) is 12.1 Å². The number of carbonyl (C=O) groups is 1. The molecule has 0 saturated heterocycles. The summed E-state index contributed by atoms with van der Waals surface area (Å²) < 4.78 is 15.7. The molecule has 1 aliphatic heterocycles. The fraction of sp³-hybridized carbons (Fsp3) is 0.222. The fourth-order valence-corrected chi connectivity index (χ4v) is 4.06. The first-order valence-electron chi connectivity index (χ1n) is 7.45. The van der Waals surface area contributed by atoms with Gasteiger partial charge in [-0.15, -0.1) is 11.3 Å². The molecule has 0 amide bonds. The largest absolute Gasteiger partial charge is 0.497 e. The minimum Gasteiger partial charge on any atom is -0.497 e. The van der Waals surface area contributed by atoms with Crippen molar-refractivity contribution in [1.82, 2.24) is 0 Å². The molecule has 25 heavy (non-hydrogen) atoms. The quantitative estimate of drug-likeness (QED) is 0.849. The molecular formula is C18H16N2O4S. The van der Waals surface area contributed by atoms with E-state index in [9.17, 15) is 10.1 Å². The Morgan fingerprint density at radius 2 is 2.00 bits per heavy atom. The molecular weight excluding hydrogens is 340 g/mol. The zero-order valence-corrected chi connectivity index (χ0v) is 14.8. The number of fused-ring (bicyclic) bond motifs is 1. The van der Waals surface area contributed by atoms with Crippen LogP contribution in [0.5, 0.6) is 11.5 Å². The summed E-state index contributed by atoms with van der Waals surface area (Å²) in [5.41, 5.74) is 7.50. The maximum Gasteiger partial charge on any atom is 0.342 e. The number of hydrogen-bond donors (Lipinski definition) is 1. The Balaban J connectivity index is 2.20. The molecule has 0 bridgehead atoms. The fourth-order valence-electron chi connectivity index (χ4n) is 2.85. The van der Waals surface area contributed by atoms with E-state index in [2.05, 4.69) is 6.07 Å². The molecule has 128 valence electrons. The lowest BCUT2D eigenvalue weighted by Gasteiger charge is -2.24. The minimum absolute atomic E-state index is 0.00114. The lowest BCUT2D eigenvalue weighted by atomic mass is 9.88. The van der Waals surface area contributed by atoms with E-state index in [0.29, 0.717) is 22.6 Å². The maximum absolute atomic E-state index is 12.1. The number of carbonyl (C=O) groups excluding carboxylic acids is 1. The molecule has 0 fully saturated rings. The van der Waals surface area contributed by atoms with E-state index in [1.165, 1.54) is 18.4 Å².